The van der Waals surface area contributed by atoms with Gasteiger partial charge in [-0.3, -0.25) is 14.6 Å². The molecule has 0 atom stereocenters. The van der Waals surface area contributed by atoms with E-state index < -0.39 is 0 Å². The molecule has 37 heavy (non-hydrogen) atoms. The summed E-state index contributed by atoms with van der Waals surface area (Å²) in [6.07, 6.45) is 9.58. The van der Waals surface area contributed by atoms with Crippen molar-refractivity contribution in [2.45, 2.75) is 52.4 Å². The summed E-state index contributed by atoms with van der Waals surface area (Å²) >= 11 is 0. The highest BCUT2D eigenvalue weighted by Crippen LogP contribution is 2.28. The van der Waals surface area contributed by atoms with Gasteiger partial charge in [0, 0.05) is 49.7 Å². The van der Waals surface area contributed by atoms with Crippen LogP contribution in [-0.4, -0.2) is 52.9 Å². The van der Waals surface area contributed by atoms with E-state index in [9.17, 15) is 9.59 Å². The fourth-order valence-electron chi connectivity index (χ4n) is 5.03. The Balaban J connectivity index is 0.00000156. The summed E-state index contributed by atoms with van der Waals surface area (Å²) in [6.45, 7) is 9.35. The van der Waals surface area contributed by atoms with E-state index in [1.807, 2.05) is 62.3 Å². The number of benzene rings is 1. The van der Waals surface area contributed by atoms with Gasteiger partial charge in [-0.1, -0.05) is 19.9 Å². The molecule has 2 aliphatic heterocycles. The Hall–Kier alpha value is -3.74. The summed E-state index contributed by atoms with van der Waals surface area (Å²) in [6, 6.07) is 13.3. The smallest absolute Gasteiger partial charge is 0.255 e. The minimum absolute atomic E-state index is 0.0242. The molecule has 0 bridgehead atoms. The van der Waals surface area contributed by atoms with Gasteiger partial charge in [-0.25, -0.2) is 4.98 Å². The van der Waals surface area contributed by atoms with Crippen molar-refractivity contribution in [3.8, 4) is 0 Å². The van der Waals surface area contributed by atoms with E-state index in [2.05, 4.69) is 32.3 Å². The average Bonchev–Trinajstić information content (AvgIpc) is 3.50. The quantitative estimate of drug-likeness (QED) is 0.488. The second-order valence-corrected chi connectivity index (χ2v) is 9.43. The maximum atomic E-state index is 13.2. The number of hydrogen-bond donors (Lipinski definition) is 1. The second-order valence-electron chi connectivity index (χ2n) is 9.43. The predicted molar refractivity (Wildman–Crippen MR) is 148 cm³/mol. The Morgan fingerprint density at radius 3 is 2.27 bits per heavy atom. The first-order valence-corrected chi connectivity index (χ1v) is 13.4. The van der Waals surface area contributed by atoms with Crippen molar-refractivity contribution in [2.24, 2.45) is 0 Å². The molecule has 0 unspecified atom stereocenters. The maximum absolute atomic E-state index is 13.2. The van der Waals surface area contributed by atoms with Gasteiger partial charge in [-0.05, 0) is 86.1 Å². The van der Waals surface area contributed by atoms with Gasteiger partial charge < -0.3 is 15.1 Å². The Morgan fingerprint density at radius 1 is 0.919 bits per heavy atom. The van der Waals surface area contributed by atoms with E-state index in [1.165, 1.54) is 18.4 Å². The van der Waals surface area contributed by atoms with Crippen LogP contribution in [0.1, 0.15) is 77.3 Å². The number of carbonyl (C=O) groups excluding carboxylic acids is 2. The van der Waals surface area contributed by atoms with Crippen molar-refractivity contribution >= 4 is 23.3 Å². The third kappa shape index (κ3) is 6.34. The van der Waals surface area contributed by atoms with Crippen molar-refractivity contribution in [1.29, 1.82) is 0 Å². The summed E-state index contributed by atoms with van der Waals surface area (Å²) in [5.41, 5.74) is 3.81. The number of likely N-dealkylation sites (tertiary alicyclic amines) is 1. The molecule has 0 aliphatic carbocycles. The van der Waals surface area contributed by atoms with Crippen LogP contribution >= 0.6 is 0 Å². The van der Waals surface area contributed by atoms with Gasteiger partial charge in [-0.15, -0.1) is 0 Å². The van der Waals surface area contributed by atoms with Crippen LogP contribution in [0.3, 0.4) is 0 Å². The lowest BCUT2D eigenvalue weighted by Crippen LogP contribution is -2.38. The highest BCUT2D eigenvalue weighted by molar-refractivity contribution is 6.07. The number of carbonyl (C=O) groups is 2. The highest BCUT2D eigenvalue weighted by atomic mass is 16.2. The molecule has 1 N–H and O–H groups in total. The third-order valence-corrected chi connectivity index (χ3v) is 7.12. The second kappa shape index (κ2) is 12.5. The van der Waals surface area contributed by atoms with Crippen molar-refractivity contribution in [3.05, 3.63) is 83.3 Å². The van der Waals surface area contributed by atoms with E-state index >= 15 is 0 Å². The molecule has 194 valence electrons. The molecule has 5 rings (SSSR count). The number of aryl methyl sites for hydroxylation is 1. The number of amides is 2. The summed E-state index contributed by atoms with van der Waals surface area (Å²) in [4.78, 5) is 39.0. The lowest BCUT2D eigenvalue weighted by molar-refractivity contribution is 0.0713. The van der Waals surface area contributed by atoms with Crippen LogP contribution in [0, 0.1) is 6.92 Å². The standard InChI is InChI=1S/C28H31N5O2.C2H6/c1-20-4-5-23(28(35)33-16-10-22(11-17-33)21-8-12-29-13-9-21)18-25(20)27(34)31-24-6-7-26(30-19-24)32-14-2-3-15-32;1-2/h4-9,12-13,18-19,22H,2-3,10-11,14-17H2,1H3,(H,31,34);1-2H3. The molecule has 0 saturated carbocycles. The first-order chi connectivity index (χ1) is 18.1. The normalized spacial score (nSPS) is 15.6. The van der Waals surface area contributed by atoms with Gasteiger partial charge in [0.05, 0.1) is 11.9 Å². The molecule has 2 amide bonds. The zero-order valence-electron chi connectivity index (χ0n) is 22.1. The minimum Gasteiger partial charge on any atom is -0.357 e. The van der Waals surface area contributed by atoms with Gasteiger partial charge in [0.25, 0.3) is 11.8 Å². The van der Waals surface area contributed by atoms with Crippen LogP contribution in [0.2, 0.25) is 0 Å². The summed E-state index contributed by atoms with van der Waals surface area (Å²) in [5.74, 6) is 1.14. The van der Waals surface area contributed by atoms with Gasteiger partial charge in [0.2, 0.25) is 0 Å². The number of anilines is 2. The summed E-state index contributed by atoms with van der Waals surface area (Å²) < 4.78 is 0. The lowest BCUT2D eigenvalue weighted by atomic mass is 9.90. The molecule has 0 radical (unpaired) electrons. The molecule has 3 aromatic rings. The molecule has 0 spiro atoms. The minimum atomic E-state index is -0.232. The van der Waals surface area contributed by atoms with Gasteiger partial charge in [0.1, 0.15) is 5.82 Å². The molecule has 4 heterocycles. The average molecular weight is 500 g/mol. The fraction of sp³-hybridized carbons (Fsp3) is 0.400. The Morgan fingerprint density at radius 2 is 1.62 bits per heavy atom. The third-order valence-electron chi connectivity index (χ3n) is 7.12. The number of hydrogen-bond acceptors (Lipinski definition) is 5. The SMILES string of the molecule is CC.Cc1ccc(C(=O)N2CCC(c3ccncc3)CC2)cc1C(=O)Nc1ccc(N2CCCC2)nc1. The zero-order valence-corrected chi connectivity index (χ0v) is 22.1. The Bertz CT molecular complexity index is 1180. The fourth-order valence-corrected chi connectivity index (χ4v) is 5.03. The van der Waals surface area contributed by atoms with Gasteiger partial charge in [-0.2, -0.15) is 0 Å². The van der Waals surface area contributed by atoms with E-state index in [0.29, 0.717) is 35.8 Å². The van der Waals surface area contributed by atoms with E-state index in [0.717, 1.165) is 37.3 Å². The number of pyridine rings is 2. The monoisotopic (exact) mass is 499 g/mol. The van der Waals surface area contributed by atoms with Crippen LogP contribution in [0.25, 0.3) is 0 Å². The van der Waals surface area contributed by atoms with Crippen molar-refractivity contribution < 1.29 is 9.59 Å². The van der Waals surface area contributed by atoms with Crippen LogP contribution in [0.15, 0.2) is 61.1 Å². The molecular formula is C30H37N5O2. The van der Waals surface area contributed by atoms with Crippen LogP contribution in [0.5, 0.6) is 0 Å². The van der Waals surface area contributed by atoms with E-state index in [4.69, 9.17) is 0 Å². The summed E-state index contributed by atoms with van der Waals surface area (Å²) in [7, 11) is 0. The Kier molecular flexibility index (Phi) is 8.88. The number of nitrogens with one attached hydrogen (secondary N) is 1. The first kappa shape index (κ1) is 26.3. The largest absolute Gasteiger partial charge is 0.357 e. The molecular weight excluding hydrogens is 462 g/mol. The van der Waals surface area contributed by atoms with Crippen molar-refractivity contribution in [2.75, 3.05) is 36.4 Å². The molecule has 2 aromatic heterocycles. The van der Waals surface area contributed by atoms with Crippen molar-refractivity contribution in [3.63, 3.8) is 0 Å². The number of piperidine rings is 1. The van der Waals surface area contributed by atoms with Gasteiger partial charge in [0.15, 0.2) is 0 Å². The van der Waals surface area contributed by atoms with E-state index in [-0.39, 0.29) is 11.8 Å². The molecule has 1 aromatic carbocycles. The Labute approximate surface area is 219 Å². The van der Waals surface area contributed by atoms with Crippen LogP contribution in [0.4, 0.5) is 11.5 Å². The number of rotatable bonds is 5. The van der Waals surface area contributed by atoms with Gasteiger partial charge >= 0.3 is 0 Å². The molecule has 2 saturated heterocycles. The lowest BCUT2D eigenvalue weighted by Gasteiger charge is -2.32. The van der Waals surface area contributed by atoms with Crippen molar-refractivity contribution in [1.82, 2.24) is 14.9 Å². The molecule has 2 aliphatic rings. The molecule has 7 heteroatoms. The molecule has 7 nitrogen and oxygen atoms in total. The zero-order chi connectivity index (χ0) is 26.2. The van der Waals surface area contributed by atoms with E-state index in [1.54, 1.807) is 12.3 Å². The van der Waals surface area contributed by atoms with Crippen LogP contribution < -0.4 is 10.2 Å². The number of nitrogens with zero attached hydrogens (tertiary/aromatic N) is 4. The maximum Gasteiger partial charge on any atom is 0.255 e. The predicted octanol–water partition coefficient (Wildman–Crippen LogP) is 5.68. The topological polar surface area (TPSA) is 78.4 Å². The highest BCUT2D eigenvalue weighted by Gasteiger charge is 2.25. The summed E-state index contributed by atoms with van der Waals surface area (Å²) in [5, 5.41) is 2.94. The molecule has 2 fully saturated rings. The first-order valence-electron chi connectivity index (χ1n) is 13.4. The number of aromatic nitrogens is 2. The van der Waals surface area contributed by atoms with Crippen LogP contribution in [-0.2, 0) is 0 Å².